The summed E-state index contributed by atoms with van der Waals surface area (Å²) < 4.78 is 5.26. The first-order chi connectivity index (χ1) is 9.56. The SMILES string of the molecule is CCC1CN(C(C)c2cc(OC)ccc2O)CCC1N. The van der Waals surface area contributed by atoms with E-state index in [0.717, 1.165) is 37.2 Å². The molecule has 2 rings (SSSR count). The maximum atomic E-state index is 10.1. The molecule has 1 fully saturated rings. The molecule has 4 heteroatoms. The predicted molar refractivity (Wildman–Crippen MR) is 81.0 cm³/mol. The van der Waals surface area contributed by atoms with Gasteiger partial charge < -0.3 is 15.6 Å². The lowest BCUT2D eigenvalue weighted by Gasteiger charge is -2.40. The fraction of sp³-hybridized carbons (Fsp3) is 0.625. The highest BCUT2D eigenvalue weighted by Gasteiger charge is 2.29. The summed E-state index contributed by atoms with van der Waals surface area (Å²) in [4.78, 5) is 2.41. The van der Waals surface area contributed by atoms with Crippen molar-refractivity contribution in [2.45, 2.75) is 38.8 Å². The van der Waals surface area contributed by atoms with Crippen molar-refractivity contribution in [1.29, 1.82) is 0 Å². The van der Waals surface area contributed by atoms with Crippen molar-refractivity contribution in [3.63, 3.8) is 0 Å². The molecule has 0 radical (unpaired) electrons. The number of benzene rings is 1. The summed E-state index contributed by atoms with van der Waals surface area (Å²) in [7, 11) is 1.65. The van der Waals surface area contributed by atoms with Crippen molar-refractivity contribution in [2.75, 3.05) is 20.2 Å². The minimum absolute atomic E-state index is 0.173. The molecule has 1 heterocycles. The molecule has 1 saturated heterocycles. The quantitative estimate of drug-likeness (QED) is 0.888. The Bertz CT molecular complexity index is 450. The number of aromatic hydroxyl groups is 1. The highest BCUT2D eigenvalue weighted by atomic mass is 16.5. The number of phenols is 1. The molecular weight excluding hydrogens is 252 g/mol. The van der Waals surface area contributed by atoms with E-state index < -0.39 is 0 Å². The highest BCUT2D eigenvalue weighted by Crippen LogP contribution is 2.34. The molecule has 1 aliphatic rings. The summed E-state index contributed by atoms with van der Waals surface area (Å²) in [5.41, 5.74) is 7.10. The number of hydrogen-bond donors (Lipinski definition) is 2. The molecule has 3 atom stereocenters. The number of hydrogen-bond acceptors (Lipinski definition) is 4. The Kier molecular flexibility index (Phi) is 4.89. The Morgan fingerprint density at radius 1 is 1.50 bits per heavy atom. The van der Waals surface area contributed by atoms with Crippen molar-refractivity contribution in [1.82, 2.24) is 4.90 Å². The van der Waals surface area contributed by atoms with Crippen LogP contribution in [0.25, 0.3) is 0 Å². The van der Waals surface area contributed by atoms with Gasteiger partial charge in [-0.2, -0.15) is 0 Å². The Morgan fingerprint density at radius 3 is 2.90 bits per heavy atom. The van der Waals surface area contributed by atoms with Crippen LogP contribution in [-0.4, -0.2) is 36.2 Å². The summed E-state index contributed by atoms with van der Waals surface area (Å²) >= 11 is 0. The van der Waals surface area contributed by atoms with Gasteiger partial charge in [-0.1, -0.05) is 13.3 Å². The van der Waals surface area contributed by atoms with Gasteiger partial charge in [0.15, 0.2) is 0 Å². The number of nitrogens with two attached hydrogens (primary N) is 1. The molecule has 1 aromatic carbocycles. The van der Waals surface area contributed by atoms with Crippen LogP contribution in [0.4, 0.5) is 0 Å². The Balaban J connectivity index is 2.16. The van der Waals surface area contributed by atoms with Crippen LogP contribution >= 0.6 is 0 Å². The van der Waals surface area contributed by atoms with Gasteiger partial charge in [0.05, 0.1) is 7.11 Å². The monoisotopic (exact) mass is 278 g/mol. The summed E-state index contributed by atoms with van der Waals surface area (Å²) in [6.45, 7) is 6.31. The topological polar surface area (TPSA) is 58.7 Å². The molecule has 0 bridgehead atoms. The van der Waals surface area contributed by atoms with E-state index in [1.54, 1.807) is 19.2 Å². The Labute approximate surface area is 121 Å². The van der Waals surface area contributed by atoms with Gasteiger partial charge in [-0.3, -0.25) is 4.90 Å². The second kappa shape index (κ2) is 6.46. The van der Waals surface area contributed by atoms with E-state index in [0.29, 0.717) is 17.7 Å². The van der Waals surface area contributed by atoms with E-state index in [1.165, 1.54) is 0 Å². The normalized spacial score (nSPS) is 25.4. The van der Waals surface area contributed by atoms with Gasteiger partial charge >= 0.3 is 0 Å². The third-order valence-electron chi connectivity index (χ3n) is 4.58. The molecular formula is C16H26N2O2. The molecule has 3 N–H and O–H groups in total. The van der Waals surface area contributed by atoms with Crippen molar-refractivity contribution in [3.05, 3.63) is 23.8 Å². The number of phenolic OH excluding ortho intramolecular Hbond substituents is 1. The third kappa shape index (κ3) is 3.07. The molecule has 0 saturated carbocycles. The van der Waals surface area contributed by atoms with Gasteiger partial charge in [-0.25, -0.2) is 0 Å². The molecule has 0 aliphatic carbocycles. The minimum Gasteiger partial charge on any atom is -0.508 e. The number of nitrogens with zero attached hydrogens (tertiary/aromatic N) is 1. The zero-order valence-corrected chi connectivity index (χ0v) is 12.7. The standard InChI is InChI=1S/C16H26N2O2/c1-4-12-10-18(8-7-15(12)17)11(2)14-9-13(20-3)5-6-16(14)19/h5-6,9,11-12,15,19H,4,7-8,10,17H2,1-3H3. The smallest absolute Gasteiger partial charge is 0.120 e. The number of likely N-dealkylation sites (tertiary alicyclic amines) is 1. The molecule has 1 aromatic rings. The maximum absolute atomic E-state index is 10.1. The van der Waals surface area contributed by atoms with E-state index in [1.807, 2.05) is 6.07 Å². The molecule has 1 aliphatic heterocycles. The number of methoxy groups -OCH3 is 1. The number of rotatable bonds is 4. The van der Waals surface area contributed by atoms with Crippen LogP contribution in [0.15, 0.2) is 18.2 Å². The Morgan fingerprint density at radius 2 is 2.25 bits per heavy atom. The summed E-state index contributed by atoms with van der Waals surface area (Å²) in [5.74, 6) is 1.66. The van der Waals surface area contributed by atoms with Crippen LogP contribution in [0.1, 0.15) is 38.3 Å². The average molecular weight is 278 g/mol. The van der Waals surface area contributed by atoms with Crippen LogP contribution in [0.3, 0.4) is 0 Å². The molecule has 3 unspecified atom stereocenters. The Hall–Kier alpha value is -1.26. The zero-order valence-electron chi connectivity index (χ0n) is 12.7. The van der Waals surface area contributed by atoms with E-state index in [2.05, 4.69) is 18.7 Å². The summed E-state index contributed by atoms with van der Waals surface area (Å²) in [6.07, 6.45) is 2.13. The van der Waals surface area contributed by atoms with Crippen LogP contribution in [-0.2, 0) is 0 Å². The van der Waals surface area contributed by atoms with Gasteiger partial charge in [0.2, 0.25) is 0 Å². The summed E-state index contributed by atoms with van der Waals surface area (Å²) in [6, 6.07) is 5.90. The maximum Gasteiger partial charge on any atom is 0.120 e. The second-order valence-corrected chi connectivity index (χ2v) is 5.72. The van der Waals surface area contributed by atoms with E-state index in [9.17, 15) is 5.11 Å². The van der Waals surface area contributed by atoms with Crippen molar-refractivity contribution in [3.8, 4) is 11.5 Å². The molecule has 112 valence electrons. The lowest BCUT2D eigenvalue weighted by molar-refractivity contribution is 0.113. The largest absolute Gasteiger partial charge is 0.508 e. The molecule has 0 spiro atoms. The van der Waals surface area contributed by atoms with Crippen LogP contribution in [0.2, 0.25) is 0 Å². The lowest BCUT2D eigenvalue weighted by Crippen LogP contribution is -2.47. The minimum atomic E-state index is 0.173. The molecule has 20 heavy (non-hydrogen) atoms. The number of ether oxygens (including phenoxy) is 1. The van der Waals surface area contributed by atoms with E-state index >= 15 is 0 Å². The van der Waals surface area contributed by atoms with E-state index in [-0.39, 0.29) is 6.04 Å². The average Bonchev–Trinajstić information content (AvgIpc) is 2.47. The van der Waals surface area contributed by atoms with Crippen molar-refractivity contribution >= 4 is 0 Å². The lowest BCUT2D eigenvalue weighted by atomic mass is 9.89. The highest BCUT2D eigenvalue weighted by molar-refractivity contribution is 5.41. The first-order valence-corrected chi connectivity index (χ1v) is 7.43. The van der Waals surface area contributed by atoms with Gasteiger partial charge in [-0.15, -0.1) is 0 Å². The van der Waals surface area contributed by atoms with Gasteiger partial charge in [0.25, 0.3) is 0 Å². The summed E-state index contributed by atoms with van der Waals surface area (Å²) in [5, 5.41) is 10.1. The van der Waals surface area contributed by atoms with Crippen LogP contribution in [0, 0.1) is 5.92 Å². The predicted octanol–water partition coefficient (Wildman–Crippen LogP) is 2.52. The van der Waals surface area contributed by atoms with Crippen molar-refractivity contribution < 1.29 is 9.84 Å². The molecule has 0 amide bonds. The third-order valence-corrected chi connectivity index (χ3v) is 4.58. The fourth-order valence-electron chi connectivity index (χ4n) is 3.05. The second-order valence-electron chi connectivity index (χ2n) is 5.72. The van der Waals surface area contributed by atoms with Crippen LogP contribution < -0.4 is 10.5 Å². The first-order valence-electron chi connectivity index (χ1n) is 7.43. The van der Waals surface area contributed by atoms with Crippen molar-refractivity contribution in [2.24, 2.45) is 11.7 Å². The fourth-order valence-corrected chi connectivity index (χ4v) is 3.05. The van der Waals surface area contributed by atoms with Gasteiger partial charge in [0.1, 0.15) is 11.5 Å². The van der Waals surface area contributed by atoms with Crippen LogP contribution in [0.5, 0.6) is 11.5 Å². The number of piperidine rings is 1. The van der Waals surface area contributed by atoms with Gasteiger partial charge in [-0.05, 0) is 37.5 Å². The zero-order chi connectivity index (χ0) is 14.7. The van der Waals surface area contributed by atoms with E-state index in [4.69, 9.17) is 10.5 Å². The first kappa shape index (κ1) is 15.1. The molecule has 0 aromatic heterocycles. The van der Waals surface area contributed by atoms with Gasteiger partial charge in [0, 0.05) is 30.7 Å². The molecule has 4 nitrogen and oxygen atoms in total.